The van der Waals surface area contributed by atoms with Crippen molar-refractivity contribution in [2.75, 3.05) is 51.3 Å². The van der Waals surface area contributed by atoms with Gasteiger partial charge >= 0.3 is 0 Å². The number of phenols is 1. The predicted molar refractivity (Wildman–Crippen MR) is 113 cm³/mol. The molecule has 2 heterocycles. The fourth-order valence-electron chi connectivity index (χ4n) is 4.56. The Labute approximate surface area is 172 Å². The molecule has 2 aliphatic rings. The van der Waals surface area contributed by atoms with E-state index in [9.17, 15) is 9.50 Å². The highest BCUT2D eigenvalue weighted by Crippen LogP contribution is 2.28. The molecule has 0 spiro atoms. The largest absolute Gasteiger partial charge is 0.504 e. The van der Waals surface area contributed by atoms with Crippen LogP contribution in [-0.2, 0) is 6.54 Å². The van der Waals surface area contributed by atoms with E-state index in [1.54, 1.807) is 7.11 Å². The van der Waals surface area contributed by atoms with Gasteiger partial charge in [0, 0.05) is 51.0 Å². The maximum Gasteiger partial charge on any atom is 0.160 e. The highest BCUT2D eigenvalue weighted by atomic mass is 19.1. The number of hydrogen-bond acceptors (Lipinski definition) is 5. The van der Waals surface area contributed by atoms with Crippen LogP contribution in [0.3, 0.4) is 0 Å². The van der Waals surface area contributed by atoms with Crippen molar-refractivity contribution in [2.45, 2.75) is 25.4 Å². The third kappa shape index (κ3) is 4.82. The minimum absolute atomic E-state index is 0.181. The van der Waals surface area contributed by atoms with Gasteiger partial charge in [-0.1, -0.05) is 6.07 Å². The van der Waals surface area contributed by atoms with Crippen molar-refractivity contribution in [3.05, 3.63) is 53.8 Å². The summed E-state index contributed by atoms with van der Waals surface area (Å²) in [5.41, 5.74) is 2.22. The molecular formula is C23H30FN3O2. The van der Waals surface area contributed by atoms with Crippen LogP contribution in [0.2, 0.25) is 0 Å². The van der Waals surface area contributed by atoms with Crippen LogP contribution >= 0.6 is 0 Å². The molecule has 29 heavy (non-hydrogen) atoms. The third-order valence-electron chi connectivity index (χ3n) is 6.15. The highest BCUT2D eigenvalue weighted by molar-refractivity contribution is 5.46. The van der Waals surface area contributed by atoms with Crippen molar-refractivity contribution in [3.8, 4) is 11.5 Å². The van der Waals surface area contributed by atoms with Crippen molar-refractivity contribution in [1.82, 2.24) is 9.80 Å². The first kappa shape index (κ1) is 20.0. The number of hydrogen-bond donors (Lipinski definition) is 1. The van der Waals surface area contributed by atoms with Gasteiger partial charge in [0.15, 0.2) is 11.5 Å². The summed E-state index contributed by atoms with van der Waals surface area (Å²) in [5.74, 6) is 0.541. The van der Waals surface area contributed by atoms with Crippen LogP contribution < -0.4 is 9.64 Å². The lowest BCUT2D eigenvalue weighted by Gasteiger charge is -2.44. The molecule has 1 atom stereocenters. The number of piperazine rings is 1. The summed E-state index contributed by atoms with van der Waals surface area (Å²) in [6, 6.07) is 13.1. The van der Waals surface area contributed by atoms with Gasteiger partial charge in [-0.2, -0.15) is 0 Å². The van der Waals surface area contributed by atoms with E-state index in [0.717, 1.165) is 57.1 Å². The van der Waals surface area contributed by atoms with Gasteiger partial charge in [-0.05, 0) is 61.3 Å². The van der Waals surface area contributed by atoms with Crippen LogP contribution in [0.1, 0.15) is 18.4 Å². The van der Waals surface area contributed by atoms with Gasteiger partial charge < -0.3 is 14.7 Å². The van der Waals surface area contributed by atoms with Gasteiger partial charge in [-0.3, -0.25) is 9.80 Å². The van der Waals surface area contributed by atoms with E-state index in [1.807, 2.05) is 30.3 Å². The molecule has 0 radical (unpaired) electrons. The Bertz CT molecular complexity index is 806. The smallest absolute Gasteiger partial charge is 0.160 e. The number of phenolic OH excluding ortho intramolecular Hbond substituents is 1. The fraction of sp³-hybridized carbons (Fsp3) is 0.478. The molecule has 1 N–H and O–H groups in total. The summed E-state index contributed by atoms with van der Waals surface area (Å²) < 4.78 is 18.3. The lowest BCUT2D eigenvalue weighted by molar-refractivity contribution is 0.0887. The molecule has 0 amide bonds. The molecule has 0 bridgehead atoms. The van der Waals surface area contributed by atoms with E-state index in [-0.39, 0.29) is 11.6 Å². The van der Waals surface area contributed by atoms with E-state index in [2.05, 4.69) is 14.7 Å². The Morgan fingerprint density at radius 2 is 1.79 bits per heavy atom. The number of anilines is 1. The minimum atomic E-state index is -0.181. The van der Waals surface area contributed by atoms with Crippen LogP contribution in [0.15, 0.2) is 42.5 Å². The van der Waals surface area contributed by atoms with E-state index >= 15 is 0 Å². The van der Waals surface area contributed by atoms with Gasteiger partial charge in [0.05, 0.1) is 7.11 Å². The van der Waals surface area contributed by atoms with Crippen LogP contribution in [0.5, 0.6) is 11.5 Å². The SMILES string of the molecule is COc1ccc(CN2CCC[C@H](N3CCN(c4ccc(F)cc4)CC3)C2)cc1O. The standard InChI is InChI=1S/C23H30FN3O2/c1-29-23-9-4-18(15-22(23)28)16-25-10-2-3-21(17-25)27-13-11-26(12-14-27)20-7-5-19(24)6-8-20/h4-9,15,21,28H,2-3,10-14,16-17H2,1H3/t21-/m0/s1. The zero-order valence-electron chi connectivity index (χ0n) is 17.1. The number of methoxy groups -OCH3 is 1. The first-order valence-electron chi connectivity index (χ1n) is 10.4. The Hall–Kier alpha value is -2.31. The van der Waals surface area contributed by atoms with Crippen molar-refractivity contribution in [2.24, 2.45) is 0 Å². The number of benzene rings is 2. The van der Waals surface area contributed by atoms with Gasteiger partial charge in [0.1, 0.15) is 5.82 Å². The molecule has 2 saturated heterocycles. The fourth-order valence-corrected chi connectivity index (χ4v) is 4.56. The minimum Gasteiger partial charge on any atom is -0.504 e. The number of ether oxygens (including phenoxy) is 1. The zero-order valence-corrected chi connectivity index (χ0v) is 17.1. The van der Waals surface area contributed by atoms with Crippen molar-refractivity contribution >= 4 is 5.69 Å². The van der Waals surface area contributed by atoms with E-state index in [1.165, 1.54) is 25.0 Å². The zero-order chi connectivity index (χ0) is 20.2. The summed E-state index contributed by atoms with van der Waals surface area (Å²) in [7, 11) is 1.57. The van der Waals surface area contributed by atoms with Gasteiger partial charge in [-0.25, -0.2) is 4.39 Å². The van der Waals surface area contributed by atoms with Crippen molar-refractivity contribution in [1.29, 1.82) is 0 Å². The van der Waals surface area contributed by atoms with Gasteiger partial charge in [0.25, 0.3) is 0 Å². The Kier molecular flexibility index (Phi) is 6.21. The molecule has 0 aliphatic carbocycles. The number of aromatic hydroxyl groups is 1. The average Bonchev–Trinajstić information content (AvgIpc) is 2.75. The second kappa shape index (κ2) is 9.01. The highest BCUT2D eigenvalue weighted by Gasteiger charge is 2.28. The van der Waals surface area contributed by atoms with Gasteiger partial charge in [-0.15, -0.1) is 0 Å². The predicted octanol–water partition coefficient (Wildman–Crippen LogP) is 3.33. The second-order valence-corrected chi connectivity index (χ2v) is 8.04. The summed E-state index contributed by atoms with van der Waals surface area (Å²) in [6.07, 6.45) is 2.44. The van der Waals surface area contributed by atoms with Gasteiger partial charge in [0.2, 0.25) is 0 Å². The maximum atomic E-state index is 13.2. The van der Waals surface area contributed by atoms with Crippen LogP contribution in [0, 0.1) is 5.82 Å². The summed E-state index contributed by atoms with van der Waals surface area (Å²) in [6.45, 7) is 7.05. The molecule has 6 heteroatoms. The van der Waals surface area contributed by atoms with E-state index in [4.69, 9.17) is 4.74 Å². The number of nitrogens with zero attached hydrogens (tertiary/aromatic N) is 3. The third-order valence-corrected chi connectivity index (χ3v) is 6.15. The molecule has 4 rings (SSSR count). The normalized spacial score (nSPS) is 21.3. The first-order valence-corrected chi connectivity index (χ1v) is 10.4. The number of likely N-dealkylation sites (tertiary alicyclic amines) is 1. The van der Waals surface area contributed by atoms with Crippen LogP contribution in [0.4, 0.5) is 10.1 Å². The monoisotopic (exact) mass is 399 g/mol. The molecule has 2 aromatic carbocycles. The van der Waals surface area contributed by atoms with E-state index in [0.29, 0.717) is 11.8 Å². The summed E-state index contributed by atoms with van der Waals surface area (Å²) >= 11 is 0. The second-order valence-electron chi connectivity index (χ2n) is 8.04. The molecule has 0 saturated carbocycles. The van der Waals surface area contributed by atoms with Crippen molar-refractivity contribution < 1.29 is 14.2 Å². The topological polar surface area (TPSA) is 39.2 Å². The quantitative estimate of drug-likeness (QED) is 0.835. The van der Waals surface area contributed by atoms with E-state index < -0.39 is 0 Å². The number of piperidine rings is 1. The Morgan fingerprint density at radius 3 is 2.48 bits per heavy atom. The molecule has 0 aromatic heterocycles. The molecular weight excluding hydrogens is 369 g/mol. The lowest BCUT2D eigenvalue weighted by atomic mass is 10.0. The first-order chi connectivity index (χ1) is 14.1. The number of rotatable bonds is 5. The summed E-state index contributed by atoms with van der Waals surface area (Å²) in [4.78, 5) is 7.44. The molecule has 5 nitrogen and oxygen atoms in total. The molecule has 2 fully saturated rings. The summed E-state index contributed by atoms with van der Waals surface area (Å²) in [5, 5.41) is 10.0. The lowest BCUT2D eigenvalue weighted by Crippen LogP contribution is -2.55. The average molecular weight is 400 g/mol. The molecule has 156 valence electrons. The molecule has 0 unspecified atom stereocenters. The Morgan fingerprint density at radius 1 is 1.03 bits per heavy atom. The Balaban J connectivity index is 1.31. The molecule has 2 aromatic rings. The molecule has 2 aliphatic heterocycles. The maximum absolute atomic E-state index is 13.2. The number of halogens is 1. The van der Waals surface area contributed by atoms with Crippen LogP contribution in [0.25, 0.3) is 0 Å². The van der Waals surface area contributed by atoms with Crippen LogP contribution in [-0.4, -0.2) is 67.3 Å². The van der Waals surface area contributed by atoms with Crippen molar-refractivity contribution in [3.63, 3.8) is 0 Å².